The van der Waals surface area contributed by atoms with Crippen LogP contribution in [0.25, 0.3) is 0 Å². The Morgan fingerprint density at radius 2 is 1.70 bits per heavy atom. The van der Waals surface area contributed by atoms with E-state index >= 15 is 0 Å². The number of ether oxygens (including phenoxy) is 4. The third-order valence-electron chi connectivity index (χ3n) is 3.57. The molecule has 1 aliphatic rings. The van der Waals surface area contributed by atoms with Gasteiger partial charge < -0.3 is 39.4 Å². The van der Waals surface area contributed by atoms with E-state index in [2.05, 4.69) is 0 Å². The minimum absolute atomic E-state index is 0.0514. The first-order chi connectivity index (χ1) is 10.9. The third kappa shape index (κ3) is 4.54. The van der Waals surface area contributed by atoms with Gasteiger partial charge in [0, 0.05) is 6.42 Å². The Kier molecular flexibility index (Phi) is 5.79. The topological polar surface area (TPSA) is 118 Å². The zero-order valence-corrected chi connectivity index (χ0v) is 13.0. The molecule has 0 radical (unpaired) electrons. The van der Waals surface area contributed by atoms with Crippen molar-refractivity contribution in [2.24, 2.45) is 0 Å². The van der Waals surface area contributed by atoms with Crippen molar-refractivity contribution in [1.82, 2.24) is 0 Å². The van der Waals surface area contributed by atoms with Gasteiger partial charge in [-0.3, -0.25) is 0 Å². The van der Waals surface area contributed by atoms with Gasteiger partial charge in [0.1, 0.15) is 29.8 Å². The van der Waals surface area contributed by atoms with Crippen molar-refractivity contribution in [3.05, 3.63) is 24.3 Å². The van der Waals surface area contributed by atoms with E-state index in [1.165, 1.54) is 6.92 Å². The van der Waals surface area contributed by atoms with Gasteiger partial charge in [0.05, 0.1) is 13.7 Å². The summed E-state index contributed by atoms with van der Waals surface area (Å²) in [4.78, 5) is 0. The summed E-state index contributed by atoms with van der Waals surface area (Å²) in [7, 11) is 1.54. The molecule has 1 aliphatic heterocycles. The maximum Gasteiger partial charge on any atom is 0.277 e. The maximum atomic E-state index is 9.97. The van der Waals surface area contributed by atoms with Crippen LogP contribution in [-0.2, 0) is 9.47 Å². The lowest BCUT2D eigenvalue weighted by Gasteiger charge is -2.23. The van der Waals surface area contributed by atoms with E-state index in [0.29, 0.717) is 11.5 Å². The van der Waals surface area contributed by atoms with Gasteiger partial charge in [0.15, 0.2) is 0 Å². The quantitative estimate of drug-likeness (QED) is 0.498. The Balaban J connectivity index is 1.93. The van der Waals surface area contributed by atoms with E-state index in [4.69, 9.17) is 18.9 Å². The van der Waals surface area contributed by atoms with E-state index in [1.54, 1.807) is 31.4 Å². The van der Waals surface area contributed by atoms with Crippen LogP contribution in [-0.4, -0.2) is 64.7 Å². The lowest BCUT2D eigenvalue weighted by atomic mass is 10.1. The van der Waals surface area contributed by atoms with Crippen LogP contribution in [0.1, 0.15) is 13.3 Å². The van der Waals surface area contributed by atoms with Gasteiger partial charge in [-0.25, -0.2) is 0 Å². The molecule has 2 rings (SSSR count). The molecule has 0 saturated carbocycles. The molecule has 1 aromatic carbocycles. The predicted molar refractivity (Wildman–Crippen MR) is 77.7 cm³/mol. The Labute approximate surface area is 133 Å². The van der Waals surface area contributed by atoms with Crippen LogP contribution >= 0.6 is 0 Å². The fraction of sp³-hybridized carbons (Fsp3) is 0.600. The SMILES string of the molecule is CCC(O)(O)OC[C@H]1O[C@@H](Oc2ccc(OC)cc2)[C@H](O)[C@@H]1O. The molecule has 1 fully saturated rings. The average Bonchev–Trinajstić information content (AvgIpc) is 2.82. The zero-order valence-electron chi connectivity index (χ0n) is 13.0. The molecule has 4 N–H and O–H groups in total. The molecular formula is C15H22O8. The lowest BCUT2D eigenvalue weighted by Crippen LogP contribution is -2.39. The molecule has 0 aliphatic carbocycles. The van der Waals surface area contributed by atoms with Crippen molar-refractivity contribution in [3.63, 3.8) is 0 Å². The number of aliphatic hydroxyl groups is 4. The Morgan fingerprint density at radius 1 is 1.09 bits per heavy atom. The third-order valence-corrected chi connectivity index (χ3v) is 3.57. The predicted octanol–water partition coefficient (Wildman–Crippen LogP) is -0.414. The van der Waals surface area contributed by atoms with Crippen LogP contribution in [0.15, 0.2) is 24.3 Å². The number of aliphatic hydroxyl groups excluding tert-OH is 2. The summed E-state index contributed by atoms with van der Waals surface area (Å²) in [6.07, 6.45) is -4.66. The van der Waals surface area contributed by atoms with Crippen molar-refractivity contribution >= 4 is 0 Å². The fourth-order valence-electron chi connectivity index (χ4n) is 2.06. The number of hydrogen-bond donors (Lipinski definition) is 4. The monoisotopic (exact) mass is 330 g/mol. The van der Waals surface area contributed by atoms with Gasteiger partial charge >= 0.3 is 0 Å². The Morgan fingerprint density at radius 3 is 2.26 bits per heavy atom. The first-order valence-corrected chi connectivity index (χ1v) is 7.27. The van der Waals surface area contributed by atoms with E-state index < -0.39 is 30.6 Å². The van der Waals surface area contributed by atoms with E-state index in [-0.39, 0.29) is 13.0 Å². The van der Waals surface area contributed by atoms with E-state index in [1.807, 2.05) is 0 Å². The molecule has 1 saturated heterocycles. The highest BCUT2D eigenvalue weighted by Crippen LogP contribution is 2.26. The second-order valence-corrected chi connectivity index (χ2v) is 5.23. The molecule has 130 valence electrons. The molecule has 23 heavy (non-hydrogen) atoms. The van der Waals surface area contributed by atoms with Crippen LogP contribution in [0, 0.1) is 0 Å². The molecule has 0 amide bonds. The standard InChI is InChI=1S/C15H22O8/c1-3-15(18,19)21-8-11-12(16)13(17)14(23-11)22-10-6-4-9(20-2)5-7-10/h4-7,11-14,16-19H,3,8H2,1-2H3/t11-,12-,13-,14-/m1/s1. The van der Waals surface area contributed by atoms with Crippen molar-refractivity contribution in [2.45, 2.75) is 43.9 Å². The van der Waals surface area contributed by atoms with Crippen LogP contribution in [0.5, 0.6) is 11.5 Å². The summed E-state index contributed by atoms with van der Waals surface area (Å²) < 4.78 is 20.7. The molecule has 8 nitrogen and oxygen atoms in total. The largest absolute Gasteiger partial charge is 0.497 e. The summed E-state index contributed by atoms with van der Waals surface area (Å²) in [6, 6.07) is 6.63. The molecule has 1 aromatic rings. The first-order valence-electron chi connectivity index (χ1n) is 7.27. The van der Waals surface area contributed by atoms with Crippen LogP contribution < -0.4 is 9.47 Å². The van der Waals surface area contributed by atoms with Crippen molar-refractivity contribution in [2.75, 3.05) is 13.7 Å². The highest BCUT2D eigenvalue weighted by atomic mass is 16.8. The van der Waals surface area contributed by atoms with Gasteiger partial charge in [-0.2, -0.15) is 0 Å². The molecular weight excluding hydrogens is 308 g/mol. The second-order valence-electron chi connectivity index (χ2n) is 5.23. The van der Waals surface area contributed by atoms with Crippen LogP contribution in [0.2, 0.25) is 0 Å². The van der Waals surface area contributed by atoms with Crippen molar-refractivity contribution in [1.29, 1.82) is 0 Å². The molecule has 0 spiro atoms. The summed E-state index contributed by atoms with van der Waals surface area (Å²) in [5, 5.41) is 38.7. The second kappa shape index (κ2) is 7.43. The van der Waals surface area contributed by atoms with Gasteiger partial charge in [0.2, 0.25) is 6.29 Å². The molecule has 0 aromatic heterocycles. The smallest absolute Gasteiger partial charge is 0.277 e. The minimum atomic E-state index is -2.30. The zero-order chi connectivity index (χ0) is 17.0. The van der Waals surface area contributed by atoms with Crippen LogP contribution in [0.4, 0.5) is 0 Å². The number of hydrogen-bond acceptors (Lipinski definition) is 8. The summed E-state index contributed by atoms with van der Waals surface area (Å²) in [5.41, 5.74) is 0. The van der Waals surface area contributed by atoms with Gasteiger partial charge in [-0.15, -0.1) is 0 Å². The highest BCUT2D eigenvalue weighted by Gasteiger charge is 2.45. The Hall–Kier alpha value is -1.42. The van der Waals surface area contributed by atoms with Crippen LogP contribution in [0.3, 0.4) is 0 Å². The van der Waals surface area contributed by atoms with E-state index in [9.17, 15) is 20.4 Å². The molecule has 4 atom stereocenters. The Bertz CT molecular complexity index is 489. The fourth-order valence-corrected chi connectivity index (χ4v) is 2.06. The number of methoxy groups -OCH3 is 1. The normalized spacial score (nSPS) is 27.9. The summed E-state index contributed by atoms with van der Waals surface area (Å²) in [6.45, 7) is 1.22. The summed E-state index contributed by atoms with van der Waals surface area (Å²) in [5.74, 6) is -1.22. The highest BCUT2D eigenvalue weighted by molar-refractivity contribution is 5.31. The molecule has 8 heteroatoms. The molecule has 1 heterocycles. The minimum Gasteiger partial charge on any atom is -0.497 e. The van der Waals surface area contributed by atoms with Gasteiger partial charge in [-0.1, -0.05) is 6.92 Å². The van der Waals surface area contributed by atoms with E-state index in [0.717, 1.165) is 0 Å². The molecule has 0 bridgehead atoms. The van der Waals surface area contributed by atoms with Gasteiger partial charge in [0.25, 0.3) is 5.97 Å². The van der Waals surface area contributed by atoms with Crippen molar-refractivity contribution < 1.29 is 39.4 Å². The van der Waals surface area contributed by atoms with Gasteiger partial charge in [-0.05, 0) is 24.3 Å². The number of benzene rings is 1. The first kappa shape index (κ1) is 17.9. The average molecular weight is 330 g/mol. The van der Waals surface area contributed by atoms with Crippen molar-refractivity contribution in [3.8, 4) is 11.5 Å². The summed E-state index contributed by atoms with van der Waals surface area (Å²) >= 11 is 0. The molecule has 0 unspecified atom stereocenters. The lowest BCUT2D eigenvalue weighted by molar-refractivity contribution is -0.346. The maximum absolute atomic E-state index is 9.97. The number of rotatable bonds is 7.